The highest BCUT2D eigenvalue weighted by Crippen LogP contribution is 2.38. The van der Waals surface area contributed by atoms with E-state index >= 15 is 0 Å². The maximum Gasteiger partial charge on any atom is 0.422 e. The first-order chi connectivity index (χ1) is 18.1. The zero-order valence-corrected chi connectivity index (χ0v) is 20.5. The van der Waals surface area contributed by atoms with Gasteiger partial charge >= 0.3 is 12.2 Å². The van der Waals surface area contributed by atoms with Crippen LogP contribution in [0.25, 0.3) is 0 Å². The maximum atomic E-state index is 13.4. The molecule has 2 saturated heterocycles. The molecule has 2 aliphatic rings. The Morgan fingerprint density at radius 3 is 2.38 bits per heavy atom. The summed E-state index contributed by atoms with van der Waals surface area (Å²) in [5.74, 6) is 0.654. The van der Waals surface area contributed by atoms with E-state index in [0.717, 1.165) is 28.2 Å². The smallest absolute Gasteiger partial charge is 0.422 e. The van der Waals surface area contributed by atoms with Crippen molar-refractivity contribution in [1.29, 1.82) is 0 Å². The molecule has 0 spiro atoms. The van der Waals surface area contributed by atoms with Crippen LogP contribution in [0.5, 0.6) is 11.5 Å². The van der Waals surface area contributed by atoms with Crippen LogP contribution in [0.3, 0.4) is 0 Å². The summed E-state index contributed by atoms with van der Waals surface area (Å²) >= 11 is 0. The fraction of sp³-hybridized carbons (Fsp3) is 0.276. The number of ether oxygens (including phenoxy) is 3. The van der Waals surface area contributed by atoms with Gasteiger partial charge in [0.05, 0.1) is 19.2 Å². The first-order valence-electron chi connectivity index (χ1n) is 12.3. The first-order valence-corrected chi connectivity index (χ1v) is 12.3. The highest BCUT2D eigenvalue weighted by atomic mass is 16.6. The molecule has 0 bridgehead atoms. The van der Waals surface area contributed by atoms with Gasteiger partial charge in [0.25, 0.3) is 5.91 Å². The summed E-state index contributed by atoms with van der Waals surface area (Å²) in [5, 5.41) is 0. The molecule has 0 radical (unpaired) electrons. The van der Waals surface area contributed by atoms with Gasteiger partial charge in [-0.1, -0.05) is 60.7 Å². The molecule has 0 aliphatic carbocycles. The van der Waals surface area contributed by atoms with Gasteiger partial charge in [0.2, 0.25) is 0 Å². The summed E-state index contributed by atoms with van der Waals surface area (Å²) in [6.07, 6.45) is 0.616. The molecule has 0 N–H and O–H groups in total. The number of likely N-dealkylation sites (tertiary alicyclic amines) is 1. The molecule has 0 aromatic heterocycles. The van der Waals surface area contributed by atoms with Crippen molar-refractivity contribution in [3.05, 3.63) is 96.1 Å². The van der Waals surface area contributed by atoms with Crippen LogP contribution in [0.2, 0.25) is 0 Å². The van der Waals surface area contributed by atoms with Crippen LogP contribution in [0.4, 0.5) is 9.59 Å². The van der Waals surface area contributed by atoms with Gasteiger partial charge in [0, 0.05) is 0 Å². The van der Waals surface area contributed by atoms with Crippen molar-refractivity contribution in [3.8, 4) is 11.5 Å². The Morgan fingerprint density at radius 2 is 1.65 bits per heavy atom. The highest BCUT2D eigenvalue weighted by Gasteiger charge is 2.58. The van der Waals surface area contributed by atoms with Crippen LogP contribution < -0.4 is 9.47 Å². The Labute approximate surface area is 215 Å². The van der Waals surface area contributed by atoms with E-state index < -0.39 is 36.2 Å². The lowest BCUT2D eigenvalue weighted by atomic mass is 9.87. The molecule has 5 rings (SSSR count). The molecule has 2 aliphatic heterocycles. The number of β-lactam (4-membered cyclic amide) rings is 1. The fourth-order valence-corrected chi connectivity index (χ4v) is 5.00. The minimum Gasteiger partial charge on any atom is -0.497 e. The van der Waals surface area contributed by atoms with Crippen LogP contribution in [0.1, 0.15) is 30.0 Å². The normalized spacial score (nSPS) is 20.8. The van der Waals surface area contributed by atoms with E-state index in [2.05, 4.69) is 0 Å². The second kappa shape index (κ2) is 10.7. The van der Waals surface area contributed by atoms with Crippen molar-refractivity contribution < 1.29 is 28.6 Å². The number of aryl methyl sites for hydroxylation is 1. The van der Waals surface area contributed by atoms with E-state index in [1.54, 1.807) is 31.4 Å². The van der Waals surface area contributed by atoms with E-state index in [4.69, 9.17) is 14.2 Å². The number of hydrogen-bond donors (Lipinski definition) is 0. The summed E-state index contributed by atoms with van der Waals surface area (Å²) in [7, 11) is 1.62. The minimum absolute atomic E-state index is 0.150. The number of carbonyl (C=O) groups excluding carboxylic acids is 3. The number of imide groups is 1. The van der Waals surface area contributed by atoms with Crippen LogP contribution >= 0.6 is 0 Å². The van der Waals surface area contributed by atoms with Crippen molar-refractivity contribution in [3.63, 3.8) is 0 Å². The largest absolute Gasteiger partial charge is 0.497 e. The molecule has 37 heavy (non-hydrogen) atoms. The van der Waals surface area contributed by atoms with Gasteiger partial charge in [0.1, 0.15) is 24.1 Å². The molecule has 0 saturated carbocycles. The van der Waals surface area contributed by atoms with E-state index in [0.29, 0.717) is 18.6 Å². The Morgan fingerprint density at radius 1 is 0.946 bits per heavy atom. The third-order valence-electron chi connectivity index (χ3n) is 6.83. The Kier molecular flexibility index (Phi) is 7.07. The van der Waals surface area contributed by atoms with Gasteiger partial charge in [-0.25, -0.2) is 14.5 Å². The average Bonchev–Trinajstić information content (AvgIpc) is 3.29. The van der Waals surface area contributed by atoms with Gasteiger partial charge in [-0.05, 0) is 54.7 Å². The second-order valence-electron chi connectivity index (χ2n) is 9.06. The number of amides is 3. The lowest BCUT2D eigenvalue weighted by Crippen LogP contribution is -2.72. The molecule has 3 aromatic rings. The van der Waals surface area contributed by atoms with Crippen molar-refractivity contribution >= 4 is 18.1 Å². The number of cyclic esters (lactones) is 1. The summed E-state index contributed by atoms with van der Waals surface area (Å²) in [4.78, 5) is 41.9. The molecule has 3 amide bonds. The fourth-order valence-electron chi connectivity index (χ4n) is 5.00. The number of nitrogens with zero attached hydrogens (tertiary/aromatic N) is 2. The molecule has 3 atom stereocenters. The summed E-state index contributed by atoms with van der Waals surface area (Å²) in [6, 6.07) is 24.1. The summed E-state index contributed by atoms with van der Waals surface area (Å²) in [5.41, 5.74) is 1.96. The molecule has 8 heteroatoms. The van der Waals surface area contributed by atoms with Gasteiger partial charge in [-0.2, -0.15) is 0 Å². The Balaban J connectivity index is 1.37. The molecule has 190 valence electrons. The quantitative estimate of drug-likeness (QED) is 0.405. The SMILES string of the molecule is COc1cccc(CCC[C@@H]2[C@@H](N3C(=O)OC[C@@H]3c3ccccc3)C(=O)N2C(=O)Oc2ccccc2)c1. The third-order valence-corrected chi connectivity index (χ3v) is 6.83. The molecule has 0 unspecified atom stereocenters. The van der Waals surface area contributed by atoms with Gasteiger partial charge in [-0.15, -0.1) is 0 Å². The zero-order valence-electron chi connectivity index (χ0n) is 20.5. The standard InChI is InChI=1S/C29H28N2O6/c1-35-23-16-8-10-20(18-23)11-9-17-24-26(27(32)31(24)29(34)37-22-14-6-3-7-15-22)30-25(19-36-28(30)33)21-12-4-2-5-13-21/h2-8,10,12-16,18,24-26H,9,11,17,19H2,1H3/t24-,25-,26-/m1/s1. The molecule has 8 nitrogen and oxygen atoms in total. The third kappa shape index (κ3) is 5.00. The zero-order chi connectivity index (χ0) is 25.8. The molecule has 3 aromatic carbocycles. The second-order valence-corrected chi connectivity index (χ2v) is 9.06. The monoisotopic (exact) mass is 500 g/mol. The Bertz CT molecular complexity index is 1270. The van der Waals surface area contributed by atoms with Gasteiger partial charge in [-0.3, -0.25) is 9.69 Å². The van der Waals surface area contributed by atoms with E-state index in [-0.39, 0.29) is 6.61 Å². The lowest BCUT2D eigenvalue weighted by Gasteiger charge is -2.48. The number of rotatable bonds is 8. The predicted octanol–water partition coefficient (Wildman–Crippen LogP) is 4.99. The van der Waals surface area contributed by atoms with Crippen LogP contribution in [0, 0.1) is 0 Å². The van der Waals surface area contributed by atoms with E-state index in [1.165, 1.54) is 4.90 Å². The maximum absolute atomic E-state index is 13.4. The van der Waals surface area contributed by atoms with Gasteiger partial charge < -0.3 is 14.2 Å². The molecule has 2 heterocycles. The van der Waals surface area contributed by atoms with Crippen LogP contribution in [-0.4, -0.2) is 53.7 Å². The Hall–Kier alpha value is -4.33. The molecular weight excluding hydrogens is 472 g/mol. The number of carbonyl (C=O) groups is 3. The molecular formula is C29H28N2O6. The van der Waals surface area contributed by atoms with Crippen molar-refractivity contribution in [2.45, 2.75) is 37.4 Å². The summed E-state index contributed by atoms with van der Waals surface area (Å²) < 4.78 is 16.2. The average molecular weight is 501 g/mol. The van der Waals surface area contributed by atoms with Crippen molar-refractivity contribution in [2.24, 2.45) is 0 Å². The van der Waals surface area contributed by atoms with E-state index in [9.17, 15) is 14.4 Å². The number of methoxy groups -OCH3 is 1. The number of para-hydroxylation sites is 1. The highest BCUT2D eigenvalue weighted by molar-refractivity contribution is 6.03. The minimum atomic E-state index is -0.811. The first kappa shape index (κ1) is 24.4. The van der Waals surface area contributed by atoms with E-state index in [1.807, 2.05) is 60.7 Å². The predicted molar refractivity (Wildman–Crippen MR) is 135 cm³/mol. The topological polar surface area (TPSA) is 85.4 Å². The number of hydrogen-bond acceptors (Lipinski definition) is 6. The molecule has 2 fully saturated rings. The summed E-state index contributed by atoms with van der Waals surface area (Å²) in [6.45, 7) is 0.150. The van der Waals surface area contributed by atoms with Crippen molar-refractivity contribution in [2.75, 3.05) is 13.7 Å². The lowest BCUT2D eigenvalue weighted by molar-refractivity contribution is -0.153. The van der Waals surface area contributed by atoms with Gasteiger partial charge in [0.15, 0.2) is 0 Å². The number of benzene rings is 3. The van der Waals surface area contributed by atoms with Crippen LogP contribution in [0.15, 0.2) is 84.9 Å². The van der Waals surface area contributed by atoms with Crippen LogP contribution in [-0.2, 0) is 16.0 Å². The van der Waals surface area contributed by atoms with Crippen molar-refractivity contribution in [1.82, 2.24) is 9.80 Å².